The highest BCUT2D eigenvalue weighted by molar-refractivity contribution is 5.93. The van der Waals surface area contributed by atoms with Crippen molar-refractivity contribution in [2.45, 2.75) is 103 Å². The van der Waals surface area contributed by atoms with E-state index in [0.29, 0.717) is 34.7 Å². The maximum Gasteiger partial charge on any atom is 0.343 e. The second-order valence-electron chi connectivity index (χ2n) is 15.1. The van der Waals surface area contributed by atoms with Crippen molar-refractivity contribution in [1.82, 2.24) is 4.90 Å². The fourth-order valence-corrected chi connectivity index (χ4v) is 9.88. The molecule has 1 saturated carbocycles. The number of aliphatic hydroxyl groups excluding tert-OH is 1. The summed E-state index contributed by atoms with van der Waals surface area (Å²) in [5.74, 6) is 3.88. The Bertz CT molecular complexity index is 1410. The van der Waals surface area contributed by atoms with E-state index >= 15 is 0 Å². The lowest BCUT2D eigenvalue weighted by Crippen LogP contribution is -2.58. The van der Waals surface area contributed by atoms with Crippen LogP contribution >= 0.6 is 0 Å². The van der Waals surface area contributed by atoms with Crippen LogP contribution in [0.4, 0.5) is 0 Å². The molecular formula is C39H51NO5. The number of carbonyl (C=O) groups excluding carboxylic acids is 1. The van der Waals surface area contributed by atoms with Gasteiger partial charge in [0.25, 0.3) is 0 Å². The summed E-state index contributed by atoms with van der Waals surface area (Å²) in [5.41, 5.74) is 1.87. The van der Waals surface area contributed by atoms with Gasteiger partial charge in [0.05, 0.1) is 18.8 Å². The monoisotopic (exact) mass is 613 g/mol. The van der Waals surface area contributed by atoms with Crippen molar-refractivity contribution in [3.05, 3.63) is 82.7 Å². The lowest BCUT2D eigenvalue weighted by Gasteiger charge is -2.51. The van der Waals surface area contributed by atoms with Gasteiger partial charge in [-0.15, -0.1) is 0 Å². The summed E-state index contributed by atoms with van der Waals surface area (Å²) in [7, 11) is 1.59. The highest BCUT2D eigenvalue weighted by Crippen LogP contribution is 2.55. The number of hydrogen-bond donors (Lipinski definition) is 1. The van der Waals surface area contributed by atoms with Crippen LogP contribution in [0.5, 0.6) is 0 Å². The molecule has 7 rings (SSSR count). The summed E-state index contributed by atoms with van der Waals surface area (Å²) in [5, 5.41) is 12.1. The molecule has 1 aromatic rings. The molecule has 0 aromatic heterocycles. The molecule has 0 unspecified atom stereocenters. The second-order valence-corrected chi connectivity index (χ2v) is 15.1. The third-order valence-corrected chi connectivity index (χ3v) is 12.0. The summed E-state index contributed by atoms with van der Waals surface area (Å²) in [6.07, 6.45) is 17.8. The fraction of sp³-hybridized carbons (Fsp3) is 0.615. The standard InChI is InChI=1S/C39H51NO5/c1-24-11-8-15-29(19-24)34(41)31-17-9-16-30-33-25(2)36(37-35(43-4)26(3)38(42)45-37)44-32(33)22-39(23-40(30)31)18-10-14-28(21-39)20-27-12-6-5-7-13-27/h5-8,12-13,15,22,24-25,28-31,33-34,41H,9-11,14,16-21,23H2,1-4H3/t24-,25-,28+,29+,30+,31+,33+,34-,39+/m0/s1. The molecule has 1 spiro atoms. The molecular weight excluding hydrogens is 562 g/mol. The van der Waals surface area contributed by atoms with Crippen LogP contribution in [0, 0.1) is 35.0 Å². The summed E-state index contributed by atoms with van der Waals surface area (Å²) in [4.78, 5) is 15.4. The molecule has 2 saturated heterocycles. The zero-order valence-corrected chi connectivity index (χ0v) is 27.5. The number of esters is 1. The van der Waals surface area contributed by atoms with Gasteiger partial charge in [0.15, 0.2) is 11.5 Å². The fourth-order valence-electron chi connectivity index (χ4n) is 9.88. The number of hydrogen-bond acceptors (Lipinski definition) is 6. The Morgan fingerprint density at radius 2 is 1.93 bits per heavy atom. The minimum atomic E-state index is -0.383. The number of methoxy groups -OCH3 is 1. The molecule has 4 heterocycles. The number of carbonyl (C=O) groups is 1. The first-order valence-corrected chi connectivity index (χ1v) is 17.5. The molecule has 9 atom stereocenters. The average Bonchev–Trinajstić information content (AvgIpc) is 3.45. The van der Waals surface area contributed by atoms with Gasteiger partial charge in [-0.2, -0.15) is 0 Å². The highest BCUT2D eigenvalue weighted by Gasteiger charge is 2.54. The molecule has 1 aromatic carbocycles. The topological polar surface area (TPSA) is 68.2 Å². The Kier molecular flexibility index (Phi) is 8.49. The summed E-state index contributed by atoms with van der Waals surface area (Å²) in [6, 6.07) is 11.3. The zero-order valence-electron chi connectivity index (χ0n) is 27.5. The zero-order chi connectivity index (χ0) is 31.3. The first-order valence-electron chi connectivity index (χ1n) is 17.5. The molecule has 1 N–H and O–H groups in total. The number of piperidine rings is 1. The van der Waals surface area contributed by atoms with E-state index in [1.54, 1.807) is 14.0 Å². The third-order valence-electron chi connectivity index (χ3n) is 12.0. The van der Waals surface area contributed by atoms with Gasteiger partial charge in [-0.25, -0.2) is 4.79 Å². The first kappa shape index (κ1) is 30.8. The number of allylic oxidation sites excluding steroid dienone is 2. The molecule has 0 amide bonds. The molecule has 2 aliphatic carbocycles. The maximum atomic E-state index is 12.6. The van der Waals surface area contributed by atoms with Crippen LogP contribution in [0.2, 0.25) is 0 Å². The number of benzene rings is 1. The maximum absolute atomic E-state index is 12.6. The Hall–Kier alpha value is -2.83. The van der Waals surface area contributed by atoms with E-state index in [1.807, 2.05) is 0 Å². The van der Waals surface area contributed by atoms with Crippen LogP contribution in [-0.4, -0.2) is 47.8 Å². The summed E-state index contributed by atoms with van der Waals surface area (Å²) < 4.78 is 18.4. The van der Waals surface area contributed by atoms with Gasteiger partial charge < -0.3 is 19.3 Å². The summed E-state index contributed by atoms with van der Waals surface area (Å²) >= 11 is 0. The van der Waals surface area contributed by atoms with Crippen molar-refractivity contribution >= 4 is 5.97 Å². The van der Waals surface area contributed by atoms with Gasteiger partial charge >= 0.3 is 5.97 Å². The SMILES string of the molecule is COC1=C(C)C(=O)OC1=C1OC2=C[C@]3(CCC[C@H](Cc4ccccc4)C3)CN3[C@@H]([C@@H](O)[C@@H]4C=CC[C@H](C)C4)CCC[C@@H]3[C@H]2[C@@H]1C. The van der Waals surface area contributed by atoms with E-state index in [-0.39, 0.29) is 47.3 Å². The predicted molar refractivity (Wildman–Crippen MR) is 174 cm³/mol. The van der Waals surface area contributed by atoms with Crippen molar-refractivity contribution in [1.29, 1.82) is 0 Å². The molecule has 242 valence electrons. The number of fused-ring (bicyclic) bond motifs is 3. The Balaban J connectivity index is 1.28. The minimum Gasteiger partial charge on any atom is -0.492 e. The van der Waals surface area contributed by atoms with Crippen LogP contribution in [0.3, 0.4) is 0 Å². The second kappa shape index (κ2) is 12.4. The number of aliphatic hydroxyl groups is 1. The van der Waals surface area contributed by atoms with Gasteiger partial charge in [-0.3, -0.25) is 4.90 Å². The lowest BCUT2D eigenvalue weighted by molar-refractivity contribution is -0.133. The van der Waals surface area contributed by atoms with Crippen LogP contribution in [0.1, 0.15) is 84.1 Å². The van der Waals surface area contributed by atoms with Gasteiger partial charge in [0.2, 0.25) is 5.76 Å². The van der Waals surface area contributed by atoms with Crippen LogP contribution in [0.25, 0.3) is 0 Å². The van der Waals surface area contributed by atoms with E-state index in [0.717, 1.165) is 63.7 Å². The molecule has 45 heavy (non-hydrogen) atoms. The van der Waals surface area contributed by atoms with Crippen molar-refractivity contribution in [2.75, 3.05) is 13.7 Å². The van der Waals surface area contributed by atoms with Crippen LogP contribution in [0.15, 0.2) is 77.2 Å². The predicted octanol–water partition coefficient (Wildman–Crippen LogP) is 7.46. The first-order chi connectivity index (χ1) is 21.8. The smallest absolute Gasteiger partial charge is 0.343 e. The average molecular weight is 614 g/mol. The third kappa shape index (κ3) is 5.71. The normalized spacial score (nSPS) is 39.1. The van der Waals surface area contributed by atoms with E-state index in [1.165, 1.54) is 18.4 Å². The Morgan fingerprint density at radius 3 is 2.71 bits per heavy atom. The molecule has 6 nitrogen and oxygen atoms in total. The highest BCUT2D eigenvalue weighted by atomic mass is 16.6. The van der Waals surface area contributed by atoms with Gasteiger partial charge in [0, 0.05) is 41.8 Å². The Labute approximate surface area is 269 Å². The van der Waals surface area contributed by atoms with Crippen molar-refractivity contribution in [3.63, 3.8) is 0 Å². The number of cyclic esters (lactones) is 1. The number of rotatable bonds is 5. The molecule has 0 bridgehead atoms. The lowest BCUT2D eigenvalue weighted by atomic mass is 9.67. The van der Waals surface area contributed by atoms with E-state index < -0.39 is 0 Å². The van der Waals surface area contributed by atoms with Gasteiger partial charge in [-0.1, -0.05) is 75.6 Å². The van der Waals surface area contributed by atoms with Crippen molar-refractivity contribution < 1.29 is 24.1 Å². The van der Waals surface area contributed by atoms with E-state index in [9.17, 15) is 9.90 Å². The quantitative estimate of drug-likeness (QED) is 0.275. The van der Waals surface area contributed by atoms with Crippen LogP contribution in [-0.2, 0) is 25.4 Å². The van der Waals surface area contributed by atoms with Gasteiger partial charge in [0.1, 0.15) is 5.76 Å². The van der Waals surface area contributed by atoms with Crippen molar-refractivity contribution in [2.24, 2.45) is 35.0 Å². The van der Waals surface area contributed by atoms with Gasteiger partial charge in [-0.05, 0) is 75.3 Å². The molecule has 6 heteroatoms. The number of ether oxygens (including phenoxy) is 3. The van der Waals surface area contributed by atoms with E-state index in [4.69, 9.17) is 14.2 Å². The number of nitrogens with zero attached hydrogens (tertiary/aromatic N) is 1. The minimum absolute atomic E-state index is 0.0203. The molecule has 0 radical (unpaired) electrons. The largest absolute Gasteiger partial charge is 0.492 e. The summed E-state index contributed by atoms with van der Waals surface area (Å²) in [6.45, 7) is 7.26. The van der Waals surface area contributed by atoms with E-state index in [2.05, 4.69) is 67.3 Å². The van der Waals surface area contributed by atoms with Crippen LogP contribution < -0.4 is 0 Å². The molecule has 6 aliphatic rings. The molecule has 4 aliphatic heterocycles. The van der Waals surface area contributed by atoms with Crippen molar-refractivity contribution in [3.8, 4) is 0 Å². The Morgan fingerprint density at radius 1 is 1.11 bits per heavy atom. The molecule has 3 fully saturated rings.